The lowest BCUT2D eigenvalue weighted by atomic mass is 9.88. The van der Waals surface area contributed by atoms with E-state index in [2.05, 4.69) is 20.4 Å². The second-order valence-corrected chi connectivity index (χ2v) is 13.7. The maximum absolute atomic E-state index is 14.0. The van der Waals surface area contributed by atoms with Gasteiger partial charge in [-0.05, 0) is 80.1 Å². The highest BCUT2D eigenvalue weighted by molar-refractivity contribution is 6.35. The Morgan fingerprint density at radius 3 is 2.52 bits per heavy atom. The zero-order chi connectivity index (χ0) is 36.2. The van der Waals surface area contributed by atoms with Crippen LogP contribution in [0.1, 0.15) is 41.6 Å². The molecule has 1 saturated heterocycles. The molecule has 1 aliphatic rings. The van der Waals surface area contributed by atoms with E-state index in [-0.39, 0.29) is 53.9 Å². The topological polar surface area (TPSA) is 135 Å². The van der Waals surface area contributed by atoms with E-state index in [1.165, 1.54) is 33.9 Å². The molecule has 1 atom stereocenters. The van der Waals surface area contributed by atoms with Gasteiger partial charge in [-0.15, -0.1) is 0 Å². The Kier molecular flexibility index (Phi) is 10.1. The van der Waals surface area contributed by atoms with Gasteiger partial charge in [0.15, 0.2) is 5.65 Å². The van der Waals surface area contributed by atoms with E-state index in [1.807, 2.05) is 30.3 Å². The number of likely N-dealkylation sites (tertiary alicyclic amines) is 1. The van der Waals surface area contributed by atoms with E-state index < -0.39 is 5.60 Å². The van der Waals surface area contributed by atoms with E-state index in [9.17, 15) is 23.9 Å². The number of nitrogens with one attached hydrogen (secondary N) is 1. The molecule has 0 bridgehead atoms. The number of aliphatic hydroxyl groups is 1. The summed E-state index contributed by atoms with van der Waals surface area (Å²) in [7, 11) is 0. The number of rotatable bonds is 11. The number of hydrogen-bond acceptors (Lipinski definition) is 7. The van der Waals surface area contributed by atoms with E-state index in [0.29, 0.717) is 66.3 Å². The normalized spacial score (nSPS) is 14.8. The number of carbonyl (C=O) groups excluding carboxylic acids is 2. The highest BCUT2D eigenvalue weighted by Crippen LogP contribution is 2.27. The molecule has 1 unspecified atom stereocenters. The monoisotopic (exact) mass is 721 g/mol. The minimum absolute atomic E-state index is 0.00294. The molecule has 1 fully saturated rings. The molecular weight excluding hydrogens is 685 g/mol. The summed E-state index contributed by atoms with van der Waals surface area (Å²) in [6.45, 7) is 1.09. The zero-order valence-corrected chi connectivity index (χ0v) is 29.0. The van der Waals surface area contributed by atoms with Crippen molar-refractivity contribution in [2.45, 2.75) is 44.2 Å². The summed E-state index contributed by atoms with van der Waals surface area (Å²) in [5.74, 6) is -0.917. The van der Waals surface area contributed by atoms with Gasteiger partial charge in [-0.25, -0.2) is 14.1 Å². The van der Waals surface area contributed by atoms with E-state index in [1.54, 1.807) is 47.5 Å². The number of pyridine rings is 1. The lowest BCUT2D eigenvalue weighted by Crippen LogP contribution is -2.51. The van der Waals surface area contributed by atoms with Gasteiger partial charge in [-0.1, -0.05) is 48.0 Å². The fraction of sp³-hybridized carbons (Fsp3) is 0.282. The van der Waals surface area contributed by atoms with Crippen molar-refractivity contribution >= 4 is 45.4 Å². The van der Waals surface area contributed by atoms with Crippen LogP contribution in [0.2, 0.25) is 5.02 Å². The van der Waals surface area contributed by atoms with Crippen molar-refractivity contribution in [3.05, 3.63) is 130 Å². The minimum atomic E-state index is -1.22. The number of halogens is 2. The number of amides is 2. The number of benzene rings is 3. The number of nitrogens with zero attached hydrogens (tertiary/aromatic N) is 6. The lowest BCUT2D eigenvalue weighted by Gasteiger charge is -2.39. The van der Waals surface area contributed by atoms with Crippen LogP contribution < -0.4 is 10.9 Å². The summed E-state index contributed by atoms with van der Waals surface area (Å²) in [6.07, 6.45) is 6.72. The van der Waals surface area contributed by atoms with Crippen LogP contribution in [0.25, 0.3) is 27.6 Å². The van der Waals surface area contributed by atoms with Crippen molar-refractivity contribution in [2.75, 3.05) is 19.6 Å². The highest BCUT2D eigenvalue weighted by Gasteiger charge is 2.36. The molecule has 266 valence electrons. The fourth-order valence-corrected chi connectivity index (χ4v) is 7.04. The Labute approximate surface area is 303 Å². The molecule has 1 aliphatic heterocycles. The summed E-state index contributed by atoms with van der Waals surface area (Å²) in [4.78, 5) is 50.8. The SMILES string of the molecule is O=C(NCCCC(Cc1ccccc1)C(=O)N1CCC(O)(Cn2cnc3c(cnn3-c3ccc(F)cc3)c2=O)CC1)c1ccc2c(Cl)ccnc2c1. The molecule has 11 nitrogen and oxygen atoms in total. The number of aromatic nitrogens is 5. The van der Waals surface area contributed by atoms with Crippen molar-refractivity contribution in [1.29, 1.82) is 0 Å². The Balaban J connectivity index is 0.971. The highest BCUT2D eigenvalue weighted by atomic mass is 35.5. The molecule has 7 rings (SSSR count). The first-order chi connectivity index (χ1) is 25.2. The standard InChI is InChI=1S/C39H37ClFN7O4/c40-33-14-18-42-34-22-27(8-13-31(33)34)36(49)43-17-4-7-28(21-26-5-2-1-3-6-26)37(50)46-19-15-39(52,16-20-46)24-47-25-44-35-32(38(47)51)23-45-48(35)30-11-9-29(41)10-12-30/h1-3,5-6,8-14,18,22-23,25,28,52H,4,7,15-17,19-21,24H2,(H,43,49). The molecular formula is C39H37ClFN7O4. The van der Waals surface area contributed by atoms with Crippen molar-refractivity contribution in [3.8, 4) is 5.69 Å². The Hall–Kier alpha value is -5.46. The van der Waals surface area contributed by atoms with Gasteiger partial charge < -0.3 is 15.3 Å². The van der Waals surface area contributed by atoms with Crippen molar-refractivity contribution in [2.24, 2.45) is 5.92 Å². The van der Waals surface area contributed by atoms with Crippen LogP contribution in [0.3, 0.4) is 0 Å². The first-order valence-corrected chi connectivity index (χ1v) is 17.6. The zero-order valence-electron chi connectivity index (χ0n) is 28.3. The Bertz CT molecular complexity index is 2290. The van der Waals surface area contributed by atoms with Crippen molar-refractivity contribution < 1.29 is 19.1 Å². The predicted octanol–water partition coefficient (Wildman–Crippen LogP) is 5.35. The smallest absolute Gasteiger partial charge is 0.264 e. The van der Waals surface area contributed by atoms with Crippen LogP contribution in [0.4, 0.5) is 4.39 Å². The average Bonchev–Trinajstić information content (AvgIpc) is 3.59. The number of piperidine rings is 1. The summed E-state index contributed by atoms with van der Waals surface area (Å²) in [5, 5.41) is 20.4. The molecule has 2 amide bonds. The number of carbonyl (C=O) groups is 2. The van der Waals surface area contributed by atoms with Gasteiger partial charge in [-0.2, -0.15) is 5.10 Å². The van der Waals surface area contributed by atoms with Crippen molar-refractivity contribution in [1.82, 2.24) is 34.5 Å². The molecule has 0 radical (unpaired) electrons. The first-order valence-electron chi connectivity index (χ1n) is 17.2. The lowest BCUT2D eigenvalue weighted by molar-refractivity contribution is -0.140. The molecule has 4 heterocycles. The van der Waals surface area contributed by atoms with E-state index >= 15 is 0 Å². The minimum Gasteiger partial charge on any atom is -0.388 e. The van der Waals surface area contributed by atoms with Crippen LogP contribution >= 0.6 is 11.6 Å². The molecule has 6 aromatic rings. The van der Waals surface area contributed by atoms with Crippen LogP contribution in [0.15, 0.2) is 102 Å². The molecule has 13 heteroatoms. The second-order valence-electron chi connectivity index (χ2n) is 13.3. The van der Waals surface area contributed by atoms with Gasteiger partial charge in [0.05, 0.1) is 34.6 Å². The van der Waals surface area contributed by atoms with E-state index in [4.69, 9.17) is 11.6 Å². The van der Waals surface area contributed by atoms with Crippen LogP contribution in [-0.2, 0) is 17.8 Å². The molecule has 3 aromatic carbocycles. The molecule has 52 heavy (non-hydrogen) atoms. The van der Waals surface area contributed by atoms with Crippen molar-refractivity contribution in [3.63, 3.8) is 0 Å². The summed E-state index contributed by atoms with van der Waals surface area (Å²) in [6, 6.07) is 22.5. The third kappa shape index (κ3) is 7.58. The van der Waals surface area contributed by atoms with Crippen LogP contribution in [-0.4, -0.2) is 71.4 Å². The van der Waals surface area contributed by atoms with Gasteiger partial charge in [0.25, 0.3) is 11.5 Å². The summed E-state index contributed by atoms with van der Waals surface area (Å²) < 4.78 is 16.3. The summed E-state index contributed by atoms with van der Waals surface area (Å²) in [5.41, 5.74) is 1.51. The fourth-order valence-electron chi connectivity index (χ4n) is 6.83. The molecule has 2 N–H and O–H groups in total. The maximum Gasteiger partial charge on any atom is 0.264 e. The molecule has 0 saturated carbocycles. The van der Waals surface area contributed by atoms with E-state index in [0.717, 1.165) is 10.9 Å². The first kappa shape index (κ1) is 35.0. The second kappa shape index (κ2) is 15.0. The molecule has 3 aromatic heterocycles. The molecule has 0 spiro atoms. The van der Waals surface area contributed by atoms with Gasteiger partial charge in [0, 0.05) is 42.7 Å². The number of fused-ring (bicyclic) bond motifs is 2. The Morgan fingerprint density at radius 2 is 1.75 bits per heavy atom. The van der Waals surface area contributed by atoms with Gasteiger partial charge in [0.2, 0.25) is 5.91 Å². The van der Waals surface area contributed by atoms with Crippen LogP contribution in [0, 0.1) is 11.7 Å². The molecule has 0 aliphatic carbocycles. The third-order valence-electron chi connectivity index (χ3n) is 9.74. The third-order valence-corrected chi connectivity index (χ3v) is 10.1. The van der Waals surface area contributed by atoms with Gasteiger partial charge >= 0.3 is 0 Å². The van der Waals surface area contributed by atoms with Gasteiger partial charge in [0.1, 0.15) is 17.5 Å². The largest absolute Gasteiger partial charge is 0.388 e. The average molecular weight is 722 g/mol. The predicted molar refractivity (Wildman–Crippen MR) is 196 cm³/mol. The van der Waals surface area contributed by atoms with Crippen LogP contribution in [0.5, 0.6) is 0 Å². The Morgan fingerprint density at radius 1 is 0.981 bits per heavy atom. The van der Waals surface area contributed by atoms with Gasteiger partial charge in [-0.3, -0.25) is 23.9 Å². The number of hydrogen-bond donors (Lipinski definition) is 2. The summed E-state index contributed by atoms with van der Waals surface area (Å²) >= 11 is 6.24. The quantitative estimate of drug-likeness (QED) is 0.172. The maximum atomic E-state index is 14.0.